The van der Waals surface area contributed by atoms with E-state index in [9.17, 15) is 0 Å². The minimum absolute atomic E-state index is 0.439. The summed E-state index contributed by atoms with van der Waals surface area (Å²) in [7, 11) is 1.63. The summed E-state index contributed by atoms with van der Waals surface area (Å²) < 4.78 is 16.1. The molecule has 1 aromatic heterocycles. The molecule has 2 aromatic rings. The highest BCUT2D eigenvalue weighted by Gasteiger charge is 2.14. The Morgan fingerprint density at radius 2 is 1.94 bits per heavy atom. The van der Waals surface area contributed by atoms with Gasteiger partial charge < -0.3 is 19.9 Å². The van der Waals surface area contributed by atoms with Gasteiger partial charge in [-0.05, 0) is 12.1 Å². The van der Waals surface area contributed by atoms with Gasteiger partial charge in [0.15, 0.2) is 11.5 Å². The Hall–Kier alpha value is -2.01. The van der Waals surface area contributed by atoms with Gasteiger partial charge in [0, 0.05) is 24.2 Å². The van der Waals surface area contributed by atoms with E-state index in [0.29, 0.717) is 25.5 Å². The van der Waals surface area contributed by atoms with Crippen molar-refractivity contribution in [3.63, 3.8) is 0 Å². The molecule has 5 nitrogen and oxygen atoms in total. The smallest absolute Gasteiger partial charge is 0.163 e. The van der Waals surface area contributed by atoms with Gasteiger partial charge in [-0.15, -0.1) is 0 Å². The van der Waals surface area contributed by atoms with Gasteiger partial charge >= 0.3 is 0 Å². The van der Waals surface area contributed by atoms with E-state index in [2.05, 4.69) is 4.98 Å². The van der Waals surface area contributed by atoms with Crippen molar-refractivity contribution in [1.82, 2.24) is 4.98 Å². The predicted octanol–water partition coefficient (Wildman–Crippen LogP) is 1.73. The molecule has 0 atom stereocenters. The first kappa shape index (κ1) is 11.1. The van der Waals surface area contributed by atoms with Crippen LogP contribution in [0.3, 0.4) is 0 Å². The van der Waals surface area contributed by atoms with Crippen molar-refractivity contribution in [2.45, 2.75) is 6.61 Å². The second-order valence-corrected chi connectivity index (χ2v) is 4.15. The van der Waals surface area contributed by atoms with Crippen molar-refractivity contribution in [2.75, 3.05) is 26.1 Å². The Balaban J connectivity index is 2.17. The van der Waals surface area contributed by atoms with Crippen LogP contribution in [0.25, 0.3) is 10.9 Å². The lowest BCUT2D eigenvalue weighted by atomic mass is 10.1. The van der Waals surface area contributed by atoms with Crippen LogP contribution in [-0.2, 0) is 11.3 Å². The molecule has 94 valence electrons. The van der Waals surface area contributed by atoms with Crippen LogP contribution in [0.5, 0.6) is 11.5 Å². The van der Waals surface area contributed by atoms with E-state index in [1.165, 1.54) is 0 Å². The van der Waals surface area contributed by atoms with Crippen LogP contribution in [-0.4, -0.2) is 25.3 Å². The third kappa shape index (κ3) is 1.82. The first-order chi connectivity index (χ1) is 8.78. The molecule has 0 saturated carbocycles. The fourth-order valence-corrected chi connectivity index (χ4v) is 2.07. The van der Waals surface area contributed by atoms with Crippen LogP contribution in [0.15, 0.2) is 18.2 Å². The number of fused-ring (bicyclic) bond motifs is 2. The number of pyridine rings is 1. The Morgan fingerprint density at radius 1 is 1.22 bits per heavy atom. The normalized spacial score (nSPS) is 13.8. The van der Waals surface area contributed by atoms with Crippen LogP contribution < -0.4 is 15.2 Å². The maximum absolute atomic E-state index is 6.03. The number of rotatable bonds is 2. The van der Waals surface area contributed by atoms with Gasteiger partial charge in [0.1, 0.15) is 13.2 Å². The molecule has 0 saturated heterocycles. The SMILES string of the molecule is COCc1cc(N)c2cc3c(cc2n1)OCCO3. The number of benzene rings is 1. The summed E-state index contributed by atoms with van der Waals surface area (Å²) in [5.41, 5.74) is 8.30. The van der Waals surface area contributed by atoms with Crippen LogP contribution in [0.2, 0.25) is 0 Å². The molecule has 0 spiro atoms. The maximum atomic E-state index is 6.03. The average Bonchev–Trinajstić information content (AvgIpc) is 2.37. The van der Waals surface area contributed by atoms with E-state index < -0.39 is 0 Å². The number of methoxy groups -OCH3 is 1. The van der Waals surface area contributed by atoms with Crippen molar-refractivity contribution in [3.8, 4) is 11.5 Å². The number of hydrogen-bond acceptors (Lipinski definition) is 5. The van der Waals surface area contributed by atoms with Crippen molar-refractivity contribution >= 4 is 16.6 Å². The number of nitrogen functional groups attached to an aromatic ring is 1. The van der Waals surface area contributed by atoms with Gasteiger partial charge in [-0.1, -0.05) is 0 Å². The highest BCUT2D eigenvalue weighted by Crippen LogP contribution is 2.36. The van der Waals surface area contributed by atoms with Crippen molar-refractivity contribution in [3.05, 3.63) is 23.9 Å². The Labute approximate surface area is 104 Å². The van der Waals surface area contributed by atoms with Crippen LogP contribution >= 0.6 is 0 Å². The lowest BCUT2D eigenvalue weighted by molar-refractivity contribution is 0.172. The standard InChI is InChI=1S/C13H14N2O3/c1-16-7-8-4-10(14)9-5-12-13(6-11(9)15-8)18-3-2-17-12/h4-6H,2-3,7H2,1H3,(H2,14,15). The van der Waals surface area contributed by atoms with E-state index in [0.717, 1.165) is 28.1 Å². The van der Waals surface area contributed by atoms with E-state index in [4.69, 9.17) is 19.9 Å². The molecule has 0 unspecified atom stereocenters. The van der Waals surface area contributed by atoms with E-state index >= 15 is 0 Å². The molecule has 0 radical (unpaired) electrons. The molecular formula is C13H14N2O3. The number of hydrogen-bond donors (Lipinski definition) is 1. The minimum atomic E-state index is 0.439. The molecule has 3 rings (SSSR count). The minimum Gasteiger partial charge on any atom is -0.486 e. The molecule has 0 fully saturated rings. The Bertz CT molecular complexity index is 598. The number of nitrogens with zero attached hydrogens (tertiary/aromatic N) is 1. The largest absolute Gasteiger partial charge is 0.486 e. The van der Waals surface area contributed by atoms with Gasteiger partial charge in [-0.25, -0.2) is 0 Å². The molecule has 2 heterocycles. The quantitative estimate of drug-likeness (QED) is 0.874. The molecule has 5 heteroatoms. The molecule has 0 amide bonds. The summed E-state index contributed by atoms with van der Waals surface area (Å²) in [4.78, 5) is 4.49. The lowest BCUT2D eigenvalue weighted by Gasteiger charge is -2.19. The lowest BCUT2D eigenvalue weighted by Crippen LogP contribution is -2.15. The van der Waals surface area contributed by atoms with Crippen molar-refractivity contribution < 1.29 is 14.2 Å². The van der Waals surface area contributed by atoms with Gasteiger partial charge in [0.2, 0.25) is 0 Å². The molecule has 0 bridgehead atoms. The predicted molar refractivity (Wildman–Crippen MR) is 67.9 cm³/mol. The van der Waals surface area contributed by atoms with E-state index in [-0.39, 0.29) is 0 Å². The maximum Gasteiger partial charge on any atom is 0.163 e. The first-order valence-electron chi connectivity index (χ1n) is 5.75. The molecule has 0 aliphatic carbocycles. The second kappa shape index (κ2) is 4.34. The number of nitrogens with two attached hydrogens (primary N) is 1. The highest BCUT2D eigenvalue weighted by atomic mass is 16.6. The van der Waals surface area contributed by atoms with Crippen LogP contribution in [0, 0.1) is 0 Å². The van der Waals surface area contributed by atoms with Gasteiger partial charge in [-0.2, -0.15) is 0 Å². The monoisotopic (exact) mass is 246 g/mol. The molecule has 1 aliphatic rings. The Morgan fingerprint density at radius 3 is 2.67 bits per heavy atom. The number of ether oxygens (including phenoxy) is 3. The molecule has 1 aromatic carbocycles. The zero-order valence-corrected chi connectivity index (χ0v) is 10.1. The van der Waals surface area contributed by atoms with Gasteiger partial charge in [0.05, 0.1) is 17.8 Å². The van der Waals surface area contributed by atoms with Crippen LogP contribution in [0.4, 0.5) is 5.69 Å². The first-order valence-corrected chi connectivity index (χ1v) is 5.75. The average molecular weight is 246 g/mol. The summed E-state index contributed by atoms with van der Waals surface area (Å²) in [5, 5.41) is 0.874. The highest BCUT2D eigenvalue weighted by molar-refractivity contribution is 5.92. The summed E-state index contributed by atoms with van der Waals surface area (Å²) in [5.74, 6) is 1.44. The third-order valence-corrected chi connectivity index (χ3v) is 2.85. The van der Waals surface area contributed by atoms with Crippen molar-refractivity contribution in [1.29, 1.82) is 0 Å². The zero-order valence-electron chi connectivity index (χ0n) is 10.1. The number of anilines is 1. The molecule has 18 heavy (non-hydrogen) atoms. The van der Waals surface area contributed by atoms with Crippen molar-refractivity contribution in [2.24, 2.45) is 0 Å². The second-order valence-electron chi connectivity index (χ2n) is 4.15. The zero-order chi connectivity index (χ0) is 12.5. The Kier molecular flexibility index (Phi) is 2.68. The topological polar surface area (TPSA) is 66.6 Å². The molecular weight excluding hydrogens is 232 g/mol. The summed E-state index contributed by atoms with van der Waals surface area (Å²) in [6.45, 7) is 1.56. The summed E-state index contributed by atoms with van der Waals surface area (Å²) in [6.07, 6.45) is 0. The van der Waals surface area contributed by atoms with E-state index in [1.54, 1.807) is 7.11 Å². The third-order valence-electron chi connectivity index (χ3n) is 2.85. The van der Waals surface area contributed by atoms with Crippen LogP contribution in [0.1, 0.15) is 5.69 Å². The number of aromatic nitrogens is 1. The molecule has 2 N–H and O–H groups in total. The van der Waals surface area contributed by atoms with Gasteiger partial charge in [-0.3, -0.25) is 4.98 Å². The molecule has 1 aliphatic heterocycles. The van der Waals surface area contributed by atoms with E-state index in [1.807, 2.05) is 18.2 Å². The summed E-state index contributed by atoms with van der Waals surface area (Å²) in [6, 6.07) is 5.56. The fourth-order valence-electron chi connectivity index (χ4n) is 2.07. The summed E-state index contributed by atoms with van der Waals surface area (Å²) >= 11 is 0. The fraction of sp³-hybridized carbons (Fsp3) is 0.308. The van der Waals surface area contributed by atoms with Gasteiger partial charge in [0.25, 0.3) is 0 Å².